The summed E-state index contributed by atoms with van der Waals surface area (Å²) < 4.78 is 5.46. The van der Waals surface area contributed by atoms with E-state index in [0.29, 0.717) is 5.92 Å². The summed E-state index contributed by atoms with van der Waals surface area (Å²) in [5.41, 5.74) is 11.6. The molecular weight excluding hydrogens is 510 g/mol. The quantitative estimate of drug-likeness (QED) is 0.202. The number of ether oxygens (including phenoxy) is 1. The molecule has 0 aromatic heterocycles. The predicted molar refractivity (Wildman–Crippen MR) is 175 cm³/mol. The fourth-order valence-corrected chi connectivity index (χ4v) is 6.63. The number of hydrogen-bond acceptors (Lipinski definition) is 2. The second kappa shape index (κ2) is 11.6. The normalized spacial score (nSPS) is 17.9. The first-order valence-electron chi connectivity index (χ1n) is 14.9. The standard InChI is InChI=1S/C40H35NO/c1-42-37-24-22-36(23-25-37)41(28-39(30-10-4-2-5-11-30)31-12-6-3-7-13-31)35-20-16-29(17-21-35)26-34-27-33-19-18-32-14-8-9-15-38(32)40(33)34/h2-17,20-26,28,33,40H,18-19,27H2,1H3/b34-26-. The molecule has 0 spiro atoms. The van der Waals surface area contributed by atoms with Crippen LogP contribution in [0.5, 0.6) is 5.75 Å². The summed E-state index contributed by atoms with van der Waals surface area (Å²) >= 11 is 0. The van der Waals surface area contributed by atoms with Gasteiger partial charge in [-0.05, 0) is 89.4 Å². The minimum atomic E-state index is 0.590. The number of benzene rings is 5. The van der Waals surface area contributed by atoms with Crippen molar-refractivity contribution >= 4 is 23.0 Å². The monoisotopic (exact) mass is 545 g/mol. The van der Waals surface area contributed by atoms with Gasteiger partial charge in [0.1, 0.15) is 5.75 Å². The fraction of sp³-hybridized carbons (Fsp3) is 0.150. The third-order valence-electron chi connectivity index (χ3n) is 8.85. The molecule has 0 bridgehead atoms. The Morgan fingerprint density at radius 2 is 1.29 bits per heavy atom. The van der Waals surface area contributed by atoms with Gasteiger partial charge in [-0.1, -0.05) is 109 Å². The first-order valence-corrected chi connectivity index (χ1v) is 14.9. The molecule has 7 rings (SSSR count). The molecule has 2 heteroatoms. The Hall–Kier alpha value is -4.82. The van der Waals surface area contributed by atoms with Crippen LogP contribution in [-0.2, 0) is 6.42 Å². The average molecular weight is 546 g/mol. The van der Waals surface area contributed by atoms with Crippen molar-refractivity contribution in [3.63, 3.8) is 0 Å². The summed E-state index contributed by atoms with van der Waals surface area (Å²) in [5.74, 6) is 2.24. The van der Waals surface area contributed by atoms with Gasteiger partial charge in [0.2, 0.25) is 0 Å². The zero-order chi connectivity index (χ0) is 28.3. The van der Waals surface area contributed by atoms with E-state index in [2.05, 4.69) is 139 Å². The van der Waals surface area contributed by atoms with Crippen molar-refractivity contribution in [3.8, 4) is 5.75 Å². The molecule has 1 saturated carbocycles. The van der Waals surface area contributed by atoms with E-state index >= 15 is 0 Å². The number of fused-ring (bicyclic) bond motifs is 3. The maximum Gasteiger partial charge on any atom is 0.119 e. The molecule has 5 aromatic carbocycles. The molecule has 42 heavy (non-hydrogen) atoms. The summed E-state index contributed by atoms with van der Waals surface area (Å²) in [6, 6.07) is 47.6. The summed E-state index contributed by atoms with van der Waals surface area (Å²) in [6.45, 7) is 0. The van der Waals surface area contributed by atoms with Gasteiger partial charge in [0.15, 0.2) is 0 Å². The summed E-state index contributed by atoms with van der Waals surface area (Å²) in [7, 11) is 1.71. The maximum absolute atomic E-state index is 5.46. The predicted octanol–water partition coefficient (Wildman–Crippen LogP) is 10.1. The van der Waals surface area contributed by atoms with Crippen LogP contribution in [0.1, 0.15) is 46.6 Å². The molecule has 0 saturated heterocycles. The van der Waals surface area contributed by atoms with Crippen molar-refractivity contribution < 1.29 is 4.74 Å². The number of aryl methyl sites for hydroxylation is 1. The van der Waals surface area contributed by atoms with Gasteiger partial charge in [0.25, 0.3) is 0 Å². The molecule has 2 aliphatic rings. The van der Waals surface area contributed by atoms with Gasteiger partial charge in [-0.25, -0.2) is 0 Å². The van der Waals surface area contributed by atoms with Crippen molar-refractivity contribution in [3.05, 3.63) is 173 Å². The zero-order valence-electron chi connectivity index (χ0n) is 24.0. The number of anilines is 2. The Bertz CT molecular complexity index is 1680. The minimum Gasteiger partial charge on any atom is -0.497 e. The Kier molecular flexibility index (Phi) is 7.20. The third-order valence-corrected chi connectivity index (χ3v) is 8.85. The van der Waals surface area contributed by atoms with Gasteiger partial charge in [-0.3, -0.25) is 0 Å². The number of methoxy groups -OCH3 is 1. The molecule has 0 N–H and O–H groups in total. The van der Waals surface area contributed by atoms with Gasteiger partial charge in [-0.2, -0.15) is 0 Å². The van der Waals surface area contributed by atoms with Crippen molar-refractivity contribution in [1.82, 2.24) is 0 Å². The Balaban J connectivity index is 1.26. The van der Waals surface area contributed by atoms with E-state index in [1.807, 2.05) is 12.1 Å². The number of nitrogens with zero attached hydrogens (tertiary/aromatic N) is 1. The number of rotatable bonds is 7. The first kappa shape index (κ1) is 26.1. The second-order valence-electron chi connectivity index (χ2n) is 11.3. The van der Waals surface area contributed by atoms with E-state index in [4.69, 9.17) is 4.74 Å². The lowest BCUT2D eigenvalue weighted by molar-refractivity contribution is 0.316. The van der Waals surface area contributed by atoms with Crippen molar-refractivity contribution in [2.75, 3.05) is 12.0 Å². The highest BCUT2D eigenvalue weighted by Gasteiger charge is 2.40. The van der Waals surface area contributed by atoms with Crippen LogP contribution < -0.4 is 9.64 Å². The fourth-order valence-electron chi connectivity index (χ4n) is 6.63. The Morgan fingerprint density at radius 3 is 1.93 bits per heavy atom. The van der Waals surface area contributed by atoms with E-state index < -0.39 is 0 Å². The molecule has 2 unspecified atom stereocenters. The van der Waals surface area contributed by atoms with E-state index in [1.54, 1.807) is 18.2 Å². The molecule has 5 aromatic rings. The van der Waals surface area contributed by atoms with Gasteiger partial charge >= 0.3 is 0 Å². The SMILES string of the molecule is COc1ccc(N(C=C(c2ccccc2)c2ccccc2)c2ccc(/C=C3/CC4CCc5ccccc5C34)cc2)cc1. The molecule has 0 aliphatic heterocycles. The van der Waals surface area contributed by atoms with Crippen LogP contribution >= 0.6 is 0 Å². The van der Waals surface area contributed by atoms with Crippen LogP contribution in [0.15, 0.2) is 145 Å². The van der Waals surface area contributed by atoms with Crippen LogP contribution in [0.3, 0.4) is 0 Å². The maximum atomic E-state index is 5.46. The lowest BCUT2D eigenvalue weighted by atomic mass is 9.60. The topological polar surface area (TPSA) is 12.5 Å². The summed E-state index contributed by atoms with van der Waals surface area (Å²) in [4.78, 5) is 2.28. The van der Waals surface area contributed by atoms with Gasteiger partial charge in [-0.15, -0.1) is 0 Å². The second-order valence-corrected chi connectivity index (χ2v) is 11.3. The van der Waals surface area contributed by atoms with Crippen LogP contribution in [0.4, 0.5) is 11.4 Å². The molecule has 0 amide bonds. The van der Waals surface area contributed by atoms with Crippen LogP contribution in [0, 0.1) is 5.92 Å². The lowest BCUT2D eigenvalue weighted by Crippen LogP contribution is -2.31. The van der Waals surface area contributed by atoms with Crippen LogP contribution in [-0.4, -0.2) is 7.11 Å². The molecular formula is C40H35NO. The van der Waals surface area contributed by atoms with Gasteiger partial charge in [0, 0.05) is 29.1 Å². The molecule has 1 fully saturated rings. The highest BCUT2D eigenvalue weighted by Crippen LogP contribution is 2.53. The van der Waals surface area contributed by atoms with Crippen LogP contribution in [0.25, 0.3) is 11.6 Å². The van der Waals surface area contributed by atoms with Gasteiger partial charge < -0.3 is 9.64 Å². The van der Waals surface area contributed by atoms with E-state index in [0.717, 1.165) is 28.6 Å². The molecule has 2 aliphatic carbocycles. The average Bonchev–Trinajstić information content (AvgIpc) is 3.05. The smallest absolute Gasteiger partial charge is 0.119 e. The Labute approximate surface area is 249 Å². The third kappa shape index (κ3) is 5.17. The molecule has 0 radical (unpaired) electrons. The van der Waals surface area contributed by atoms with Crippen LogP contribution in [0.2, 0.25) is 0 Å². The zero-order valence-corrected chi connectivity index (χ0v) is 24.0. The first-order chi connectivity index (χ1) is 20.8. The molecule has 206 valence electrons. The molecule has 2 nitrogen and oxygen atoms in total. The van der Waals surface area contributed by atoms with E-state index in [-0.39, 0.29) is 0 Å². The number of allylic oxidation sites excluding steroid dienone is 1. The summed E-state index contributed by atoms with van der Waals surface area (Å²) in [6.07, 6.45) is 8.45. The van der Waals surface area contributed by atoms with E-state index in [1.165, 1.54) is 41.5 Å². The summed E-state index contributed by atoms with van der Waals surface area (Å²) in [5, 5.41) is 0. The molecule has 2 atom stereocenters. The van der Waals surface area contributed by atoms with Gasteiger partial charge in [0.05, 0.1) is 7.11 Å². The largest absolute Gasteiger partial charge is 0.497 e. The van der Waals surface area contributed by atoms with Crippen molar-refractivity contribution in [1.29, 1.82) is 0 Å². The van der Waals surface area contributed by atoms with Crippen molar-refractivity contribution in [2.24, 2.45) is 5.92 Å². The van der Waals surface area contributed by atoms with E-state index in [9.17, 15) is 0 Å². The minimum absolute atomic E-state index is 0.590. The highest BCUT2D eigenvalue weighted by atomic mass is 16.5. The highest BCUT2D eigenvalue weighted by molar-refractivity contribution is 5.84. The Morgan fingerprint density at radius 1 is 0.690 bits per heavy atom. The van der Waals surface area contributed by atoms with Crippen molar-refractivity contribution in [2.45, 2.75) is 25.2 Å². The molecule has 0 heterocycles. The number of hydrogen-bond donors (Lipinski definition) is 0. The lowest BCUT2D eigenvalue weighted by Gasteiger charge is -2.44.